The third-order valence-corrected chi connectivity index (χ3v) is 12.6. The Labute approximate surface area is 324 Å². The topological polar surface area (TPSA) is 191 Å². The summed E-state index contributed by atoms with van der Waals surface area (Å²) < 4.78 is 40.9. The molecular weight excluding hydrogens is 756 g/mol. The average molecular weight is 791 g/mol. The molecule has 4 aromatic carbocycles. The SMILES string of the molecule is N#CCCSP(=O)(O)O[C@H]1C[C@H](n2cnc3c(=O)[nH]c(NC(=O)Cc4ccccc4)nc32)O[C@@H]1COC1(c2ccccc2)c2ccccc2Oc2ccccc21. The van der Waals surface area contributed by atoms with Gasteiger partial charge in [-0.25, -0.2) is 9.55 Å². The van der Waals surface area contributed by atoms with Crippen molar-refractivity contribution in [3.63, 3.8) is 0 Å². The Bertz CT molecular complexity index is 2480. The van der Waals surface area contributed by atoms with Crippen molar-refractivity contribution in [3.8, 4) is 17.6 Å². The normalized spacial score (nSPS) is 19.2. The zero-order chi connectivity index (χ0) is 38.7. The Balaban J connectivity index is 1.13. The molecule has 16 heteroatoms. The molecule has 0 aliphatic carbocycles. The zero-order valence-electron chi connectivity index (χ0n) is 29.7. The number of hydrogen-bond acceptors (Lipinski definition) is 11. The molecule has 0 radical (unpaired) electrons. The lowest BCUT2D eigenvalue weighted by Gasteiger charge is -2.41. The number of anilines is 1. The van der Waals surface area contributed by atoms with E-state index in [1.807, 2.05) is 115 Å². The lowest BCUT2D eigenvalue weighted by molar-refractivity contribution is -0.115. The van der Waals surface area contributed by atoms with Crippen LogP contribution in [0, 0.1) is 11.3 Å². The number of nitrogens with zero attached hydrogens (tertiary/aromatic N) is 4. The van der Waals surface area contributed by atoms with Gasteiger partial charge >= 0.3 is 6.80 Å². The van der Waals surface area contributed by atoms with Crippen molar-refractivity contribution in [1.82, 2.24) is 19.5 Å². The van der Waals surface area contributed by atoms with Gasteiger partial charge in [0.15, 0.2) is 16.8 Å². The predicted octanol–water partition coefficient (Wildman–Crippen LogP) is 6.84. The highest BCUT2D eigenvalue weighted by molar-refractivity contribution is 8.54. The molecule has 6 aromatic rings. The van der Waals surface area contributed by atoms with E-state index in [-0.39, 0.29) is 54.6 Å². The number of aromatic amines is 1. The zero-order valence-corrected chi connectivity index (χ0v) is 31.4. The first kappa shape index (κ1) is 37.3. The highest BCUT2D eigenvalue weighted by Gasteiger charge is 2.48. The largest absolute Gasteiger partial charge is 0.457 e. The molecule has 2 aromatic heterocycles. The van der Waals surface area contributed by atoms with Crippen LogP contribution in [0.4, 0.5) is 5.95 Å². The minimum absolute atomic E-state index is 0.00478. The maximum Gasteiger partial charge on any atom is 0.386 e. The number of nitrogens with one attached hydrogen (secondary N) is 2. The molecule has 2 aliphatic rings. The smallest absolute Gasteiger partial charge is 0.386 e. The summed E-state index contributed by atoms with van der Waals surface area (Å²) in [5.74, 6) is 0.837. The Morgan fingerprint density at radius 2 is 1.68 bits per heavy atom. The van der Waals surface area contributed by atoms with Crippen LogP contribution >= 0.6 is 18.2 Å². The second-order valence-electron chi connectivity index (χ2n) is 13.1. The first-order valence-corrected chi connectivity index (χ1v) is 21.0. The number of carbonyl (C=O) groups excluding carboxylic acids is 1. The van der Waals surface area contributed by atoms with Crippen molar-refractivity contribution >= 4 is 41.2 Å². The summed E-state index contributed by atoms with van der Waals surface area (Å²) >= 11 is 0.663. The molecule has 8 rings (SSSR count). The molecule has 0 spiro atoms. The van der Waals surface area contributed by atoms with Gasteiger partial charge in [0.2, 0.25) is 11.9 Å². The predicted molar refractivity (Wildman–Crippen MR) is 208 cm³/mol. The van der Waals surface area contributed by atoms with Gasteiger partial charge < -0.3 is 19.1 Å². The summed E-state index contributed by atoms with van der Waals surface area (Å²) in [4.78, 5) is 48.3. The summed E-state index contributed by atoms with van der Waals surface area (Å²) in [6.45, 7) is -4.41. The first-order chi connectivity index (χ1) is 27.2. The summed E-state index contributed by atoms with van der Waals surface area (Å²) in [7, 11) is 0. The third-order valence-electron chi connectivity index (χ3n) is 9.52. The third kappa shape index (κ3) is 7.50. The number of para-hydroxylation sites is 2. The van der Waals surface area contributed by atoms with E-state index in [0.717, 1.165) is 22.3 Å². The van der Waals surface area contributed by atoms with Crippen LogP contribution in [0.5, 0.6) is 11.5 Å². The molecule has 1 saturated heterocycles. The fourth-order valence-corrected chi connectivity index (χ4v) is 9.60. The molecule has 1 fully saturated rings. The molecule has 3 N–H and O–H groups in total. The van der Waals surface area contributed by atoms with Crippen LogP contribution < -0.4 is 15.6 Å². The fourth-order valence-electron chi connectivity index (χ4n) is 7.08. The summed E-state index contributed by atoms with van der Waals surface area (Å²) in [6.07, 6.45) is -1.25. The van der Waals surface area contributed by atoms with E-state index in [9.17, 15) is 19.0 Å². The van der Waals surface area contributed by atoms with Crippen LogP contribution in [0.3, 0.4) is 0 Å². The summed E-state index contributed by atoms with van der Waals surface area (Å²) in [5, 5.41) is 11.7. The van der Waals surface area contributed by atoms with Gasteiger partial charge in [-0.3, -0.25) is 29.0 Å². The highest BCUT2D eigenvalue weighted by atomic mass is 32.7. The van der Waals surface area contributed by atoms with E-state index in [0.29, 0.717) is 22.9 Å². The van der Waals surface area contributed by atoms with E-state index >= 15 is 0 Å². The quantitative estimate of drug-likeness (QED) is 0.0817. The van der Waals surface area contributed by atoms with Gasteiger partial charge in [-0.2, -0.15) is 10.2 Å². The molecule has 14 nitrogen and oxygen atoms in total. The number of fused-ring (bicyclic) bond motifs is 3. The van der Waals surface area contributed by atoms with Gasteiger partial charge in [0.05, 0.1) is 25.4 Å². The minimum Gasteiger partial charge on any atom is -0.457 e. The molecule has 4 heterocycles. The Hall–Kier alpha value is -5.59. The number of rotatable bonds is 13. The van der Waals surface area contributed by atoms with Gasteiger partial charge in [0, 0.05) is 29.7 Å². The van der Waals surface area contributed by atoms with Crippen molar-refractivity contribution in [2.45, 2.75) is 43.3 Å². The fraction of sp³-hybridized carbons (Fsp3) is 0.225. The molecule has 56 heavy (non-hydrogen) atoms. The van der Waals surface area contributed by atoms with Crippen molar-refractivity contribution in [2.75, 3.05) is 17.7 Å². The van der Waals surface area contributed by atoms with Crippen LogP contribution in [0.2, 0.25) is 0 Å². The van der Waals surface area contributed by atoms with Gasteiger partial charge in [0.1, 0.15) is 29.9 Å². The van der Waals surface area contributed by atoms with Gasteiger partial charge in [-0.1, -0.05) is 97.1 Å². The second kappa shape index (κ2) is 15.9. The number of nitriles is 1. The van der Waals surface area contributed by atoms with E-state index in [1.165, 1.54) is 10.9 Å². The lowest BCUT2D eigenvalue weighted by atomic mass is 9.77. The average Bonchev–Trinajstić information content (AvgIpc) is 3.81. The van der Waals surface area contributed by atoms with Crippen molar-refractivity contribution in [2.24, 2.45) is 0 Å². The lowest BCUT2D eigenvalue weighted by Crippen LogP contribution is -2.40. The van der Waals surface area contributed by atoms with Gasteiger partial charge in [-0.05, 0) is 34.6 Å². The number of benzene rings is 4. The Kier molecular flexibility index (Phi) is 10.6. The monoisotopic (exact) mass is 790 g/mol. The number of carbonyl (C=O) groups is 1. The molecule has 284 valence electrons. The Morgan fingerprint density at radius 3 is 2.38 bits per heavy atom. The van der Waals surface area contributed by atoms with Crippen molar-refractivity contribution < 1.29 is 33.0 Å². The van der Waals surface area contributed by atoms with Crippen molar-refractivity contribution in [3.05, 3.63) is 148 Å². The molecule has 1 amide bonds. The number of H-pyrrole nitrogens is 1. The molecule has 1 unspecified atom stereocenters. The van der Waals surface area contributed by atoms with E-state index < -0.39 is 36.4 Å². The molecule has 0 bridgehead atoms. The highest BCUT2D eigenvalue weighted by Crippen LogP contribution is 2.59. The molecule has 2 aliphatic heterocycles. The maximum absolute atomic E-state index is 13.4. The van der Waals surface area contributed by atoms with Crippen LogP contribution in [-0.4, -0.2) is 54.9 Å². The number of imidazole rings is 1. The van der Waals surface area contributed by atoms with Crippen LogP contribution in [0.25, 0.3) is 11.2 Å². The second-order valence-corrected chi connectivity index (χ2v) is 17.1. The molecular formula is C40H35N6O8PS. The number of hydrogen-bond donors (Lipinski definition) is 3. The number of amides is 1. The van der Waals surface area contributed by atoms with Crippen LogP contribution in [-0.2, 0) is 35.4 Å². The maximum atomic E-state index is 13.4. The number of ether oxygens (including phenoxy) is 3. The summed E-state index contributed by atoms with van der Waals surface area (Å²) in [5.41, 5.74) is 1.47. The van der Waals surface area contributed by atoms with E-state index in [2.05, 4.69) is 20.3 Å². The summed E-state index contributed by atoms with van der Waals surface area (Å²) in [6, 6.07) is 36.0. The van der Waals surface area contributed by atoms with E-state index in [4.69, 9.17) is 24.0 Å². The van der Waals surface area contributed by atoms with Gasteiger partial charge in [-0.15, -0.1) is 0 Å². The van der Waals surface area contributed by atoms with E-state index in [1.54, 1.807) is 0 Å². The molecule has 4 atom stereocenters. The Morgan fingerprint density at radius 1 is 1.02 bits per heavy atom. The standard InChI is InChI=1S/C40H35N6O8PS/c41-20-11-21-56-55(49,50)54-32-23-35(46-25-42-36-37(46)44-39(45-38(36)48)43-34(47)22-26-12-3-1-4-13-26)53-33(32)24-51-40(27-14-5-2-6-15-27)28-16-7-9-18-30(28)52-31-19-10-8-17-29(31)40/h1-10,12-19,25,32-33,35H,11,21-24H2,(H,49,50)(H2,43,44,45,47,48)/t32-,33+,35+/m0/s1. The van der Waals surface area contributed by atoms with Gasteiger partial charge in [0.25, 0.3) is 5.56 Å². The van der Waals surface area contributed by atoms with Crippen LogP contribution in [0.15, 0.2) is 120 Å². The number of aromatic nitrogens is 4. The first-order valence-electron chi connectivity index (χ1n) is 17.8. The van der Waals surface area contributed by atoms with Crippen LogP contribution in [0.1, 0.15) is 41.3 Å². The van der Waals surface area contributed by atoms with Crippen molar-refractivity contribution in [1.29, 1.82) is 5.26 Å². The molecule has 0 saturated carbocycles. The minimum atomic E-state index is -4.29.